The van der Waals surface area contributed by atoms with Crippen molar-refractivity contribution >= 4 is 5.91 Å². The van der Waals surface area contributed by atoms with Gasteiger partial charge in [0.2, 0.25) is 5.91 Å². The molecule has 2 aliphatic rings. The lowest BCUT2D eigenvalue weighted by Gasteiger charge is -2.38. The van der Waals surface area contributed by atoms with E-state index in [0.717, 1.165) is 18.4 Å². The Bertz CT molecular complexity index is 638. The van der Waals surface area contributed by atoms with Crippen LogP contribution < -0.4 is 5.32 Å². The van der Waals surface area contributed by atoms with Crippen molar-refractivity contribution in [2.24, 2.45) is 11.8 Å². The fourth-order valence-corrected chi connectivity index (χ4v) is 4.38. The summed E-state index contributed by atoms with van der Waals surface area (Å²) in [5, 5.41) is 3.05. The minimum atomic E-state index is -4.19. The number of nitrogens with one attached hydrogen (secondary N) is 1. The van der Waals surface area contributed by atoms with Crippen LogP contribution in [0.2, 0.25) is 0 Å². The first kappa shape index (κ1) is 18.3. The van der Waals surface area contributed by atoms with Crippen LogP contribution >= 0.6 is 0 Å². The van der Waals surface area contributed by atoms with E-state index in [-0.39, 0.29) is 30.2 Å². The lowest BCUT2D eigenvalue weighted by molar-refractivity contribution is -0.186. The normalized spacial score (nSPS) is 28.9. The van der Waals surface area contributed by atoms with Gasteiger partial charge in [-0.15, -0.1) is 0 Å². The molecule has 2 aliphatic carbocycles. The van der Waals surface area contributed by atoms with Gasteiger partial charge in [-0.1, -0.05) is 44.5 Å². The second-order valence-electron chi connectivity index (χ2n) is 8.17. The summed E-state index contributed by atoms with van der Waals surface area (Å²) in [4.78, 5) is 12.6. The second-order valence-corrected chi connectivity index (χ2v) is 8.17. The van der Waals surface area contributed by atoms with Crippen LogP contribution in [0.15, 0.2) is 24.3 Å². The Kier molecular flexibility index (Phi) is 4.86. The molecule has 3 unspecified atom stereocenters. The minimum Gasteiger partial charge on any atom is -0.349 e. The topological polar surface area (TPSA) is 29.1 Å². The van der Waals surface area contributed by atoms with Gasteiger partial charge >= 0.3 is 6.18 Å². The number of halogens is 3. The van der Waals surface area contributed by atoms with E-state index in [0.29, 0.717) is 12.8 Å². The molecule has 0 aromatic heterocycles. The van der Waals surface area contributed by atoms with Gasteiger partial charge in [0.25, 0.3) is 0 Å². The number of amides is 1. The van der Waals surface area contributed by atoms with Crippen LogP contribution in [0.1, 0.15) is 69.5 Å². The highest BCUT2D eigenvalue weighted by Crippen LogP contribution is 2.43. The molecule has 1 fully saturated rings. The number of alkyl halides is 3. The Hall–Kier alpha value is -1.52. The molecule has 0 saturated heterocycles. The van der Waals surface area contributed by atoms with E-state index >= 15 is 0 Å². The first-order valence-electron chi connectivity index (χ1n) is 9.15. The van der Waals surface area contributed by atoms with Crippen LogP contribution in [-0.4, -0.2) is 12.1 Å². The summed E-state index contributed by atoms with van der Waals surface area (Å²) in [6.45, 7) is 4.39. The molecule has 3 rings (SSSR count). The Balaban J connectivity index is 1.71. The lowest BCUT2D eigenvalue weighted by atomic mass is 9.71. The summed E-state index contributed by atoms with van der Waals surface area (Å²) in [6.07, 6.45) is -1.33. The van der Waals surface area contributed by atoms with Crippen LogP contribution in [0.5, 0.6) is 0 Å². The number of rotatable bonds is 2. The fourth-order valence-electron chi connectivity index (χ4n) is 4.38. The van der Waals surface area contributed by atoms with E-state index in [9.17, 15) is 18.0 Å². The maximum Gasteiger partial charge on any atom is 0.391 e. The summed E-state index contributed by atoms with van der Waals surface area (Å²) in [7, 11) is 0. The minimum absolute atomic E-state index is 0.0596. The van der Waals surface area contributed by atoms with E-state index in [2.05, 4.69) is 25.2 Å². The Labute approximate surface area is 147 Å². The molecule has 5 heteroatoms. The zero-order valence-corrected chi connectivity index (χ0v) is 14.8. The quantitative estimate of drug-likeness (QED) is 0.770. The Morgan fingerprint density at radius 3 is 2.60 bits per heavy atom. The van der Waals surface area contributed by atoms with Crippen molar-refractivity contribution in [2.75, 3.05) is 0 Å². The van der Waals surface area contributed by atoms with Gasteiger partial charge in [-0.2, -0.15) is 13.2 Å². The predicted molar refractivity (Wildman–Crippen MR) is 91.1 cm³/mol. The average Bonchev–Trinajstić information content (AvgIpc) is 2.57. The second kappa shape index (κ2) is 6.65. The van der Waals surface area contributed by atoms with Gasteiger partial charge in [0.15, 0.2) is 0 Å². The maximum absolute atomic E-state index is 13.0. The van der Waals surface area contributed by atoms with Gasteiger partial charge in [-0.05, 0) is 48.6 Å². The lowest BCUT2D eigenvalue weighted by Crippen LogP contribution is -2.41. The fraction of sp³-hybridized carbons (Fsp3) is 0.650. The number of hydrogen-bond donors (Lipinski definition) is 1. The largest absolute Gasteiger partial charge is 0.391 e. The van der Waals surface area contributed by atoms with Crippen molar-refractivity contribution in [1.29, 1.82) is 0 Å². The summed E-state index contributed by atoms with van der Waals surface area (Å²) in [5.74, 6) is -2.08. The van der Waals surface area contributed by atoms with Crippen molar-refractivity contribution in [3.8, 4) is 0 Å². The van der Waals surface area contributed by atoms with Gasteiger partial charge in [-0.25, -0.2) is 0 Å². The molecule has 1 aromatic rings. The van der Waals surface area contributed by atoms with Crippen LogP contribution in [0, 0.1) is 11.8 Å². The number of fused-ring (bicyclic) bond motifs is 1. The van der Waals surface area contributed by atoms with Crippen LogP contribution in [0.3, 0.4) is 0 Å². The molecule has 3 atom stereocenters. The van der Waals surface area contributed by atoms with Crippen molar-refractivity contribution in [3.63, 3.8) is 0 Å². The summed E-state index contributed by atoms with van der Waals surface area (Å²) < 4.78 is 39.0. The molecule has 1 amide bonds. The molecule has 0 heterocycles. The summed E-state index contributed by atoms with van der Waals surface area (Å²) in [5.41, 5.74) is 2.39. The van der Waals surface area contributed by atoms with E-state index in [1.807, 2.05) is 18.2 Å². The summed E-state index contributed by atoms with van der Waals surface area (Å²) in [6, 6.07) is 7.98. The molecule has 0 spiro atoms. The van der Waals surface area contributed by atoms with Gasteiger partial charge in [0.05, 0.1) is 12.0 Å². The van der Waals surface area contributed by atoms with Crippen LogP contribution in [-0.2, 0) is 10.2 Å². The van der Waals surface area contributed by atoms with Crippen molar-refractivity contribution in [3.05, 3.63) is 35.4 Å². The van der Waals surface area contributed by atoms with Crippen LogP contribution in [0.25, 0.3) is 0 Å². The predicted octanol–water partition coefficient (Wildman–Crippen LogP) is 5.28. The van der Waals surface area contributed by atoms with Crippen molar-refractivity contribution in [1.82, 2.24) is 5.32 Å². The number of carbonyl (C=O) groups excluding carboxylic acids is 1. The number of hydrogen-bond acceptors (Lipinski definition) is 1. The highest BCUT2D eigenvalue weighted by molar-refractivity contribution is 5.79. The van der Waals surface area contributed by atoms with Gasteiger partial charge in [0.1, 0.15) is 0 Å². The molecule has 0 aliphatic heterocycles. The third-order valence-electron chi connectivity index (χ3n) is 5.95. The molecule has 25 heavy (non-hydrogen) atoms. The molecule has 138 valence electrons. The SMILES string of the molecule is CC1(C)CCC(NC(=O)C2CCCC(C(F)(F)F)C2)c2ccccc21. The monoisotopic (exact) mass is 353 g/mol. The standard InChI is InChI=1S/C20H26F3NO/c1-19(2)11-10-17(15-8-3-4-9-16(15)19)24-18(25)13-6-5-7-14(12-13)20(21,22)23/h3-4,8-9,13-14,17H,5-7,10-12H2,1-2H3,(H,24,25). The third-order valence-corrected chi connectivity index (χ3v) is 5.95. The number of benzene rings is 1. The maximum atomic E-state index is 13.0. The third kappa shape index (κ3) is 3.85. The molecule has 0 radical (unpaired) electrons. The Morgan fingerprint density at radius 1 is 1.16 bits per heavy atom. The zero-order valence-electron chi connectivity index (χ0n) is 14.8. The zero-order chi connectivity index (χ0) is 18.2. The van der Waals surface area contributed by atoms with Gasteiger partial charge < -0.3 is 5.32 Å². The van der Waals surface area contributed by atoms with Crippen molar-refractivity contribution in [2.45, 2.75) is 70.0 Å². The van der Waals surface area contributed by atoms with E-state index < -0.39 is 18.0 Å². The first-order valence-corrected chi connectivity index (χ1v) is 9.15. The van der Waals surface area contributed by atoms with E-state index in [1.54, 1.807) is 0 Å². The molecule has 1 aromatic carbocycles. The molecular formula is C20H26F3NO. The first-order chi connectivity index (χ1) is 11.7. The van der Waals surface area contributed by atoms with Gasteiger partial charge in [0, 0.05) is 5.92 Å². The molecular weight excluding hydrogens is 327 g/mol. The Morgan fingerprint density at radius 2 is 1.88 bits per heavy atom. The smallest absolute Gasteiger partial charge is 0.349 e. The molecule has 1 N–H and O–H groups in total. The number of carbonyl (C=O) groups is 1. The van der Waals surface area contributed by atoms with E-state index in [4.69, 9.17) is 0 Å². The van der Waals surface area contributed by atoms with Crippen LogP contribution in [0.4, 0.5) is 13.2 Å². The van der Waals surface area contributed by atoms with E-state index in [1.165, 1.54) is 5.56 Å². The molecule has 1 saturated carbocycles. The van der Waals surface area contributed by atoms with Crippen molar-refractivity contribution < 1.29 is 18.0 Å². The average molecular weight is 353 g/mol. The van der Waals surface area contributed by atoms with Gasteiger partial charge in [-0.3, -0.25) is 4.79 Å². The highest BCUT2D eigenvalue weighted by atomic mass is 19.4. The highest BCUT2D eigenvalue weighted by Gasteiger charge is 2.44. The molecule has 0 bridgehead atoms. The summed E-state index contributed by atoms with van der Waals surface area (Å²) >= 11 is 0. The molecule has 2 nitrogen and oxygen atoms in total.